The number of carbonyl (C=O) groups excluding carboxylic acids is 1. The largest absolute Gasteiger partial charge is 0.354 e. The Balaban J connectivity index is 1.53. The highest BCUT2D eigenvalue weighted by Gasteiger charge is 2.29. The number of nitrogens with zero attached hydrogens (tertiary/aromatic N) is 3. The molecule has 5 nitrogen and oxygen atoms in total. The van der Waals surface area contributed by atoms with Gasteiger partial charge >= 0.3 is 0 Å². The van der Waals surface area contributed by atoms with Crippen molar-refractivity contribution < 1.29 is 4.79 Å². The number of hydrogen-bond donors (Lipinski definition) is 1. The number of carbonyl (C=O) groups is 1. The van der Waals surface area contributed by atoms with Gasteiger partial charge in [0.25, 0.3) is 0 Å². The van der Waals surface area contributed by atoms with Crippen molar-refractivity contribution in [2.45, 2.75) is 0 Å². The molecule has 1 aliphatic rings. The van der Waals surface area contributed by atoms with Crippen LogP contribution in [0, 0.1) is 0 Å². The molecule has 3 aromatic carbocycles. The number of rotatable bonds is 4. The Labute approximate surface area is 188 Å². The smallest absolute Gasteiger partial charge is 0.243 e. The average Bonchev–Trinajstić information content (AvgIpc) is 3.35. The van der Waals surface area contributed by atoms with Gasteiger partial charge in [0, 0.05) is 21.5 Å². The van der Waals surface area contributed by atoms with Crippen molar-refractivity contribution in [1.82, 2.24) is 4.98 Å². The summed E-state index contributed by atoms with van der Waals surface area (Å²) in [6.07, 6.45) is 1.74. The van der Waals surface area contributed by atoms with Crippen LogP contribution >= 0.6 is 23.4 Å². The molecule has 1 aliphatic heterocycles. The lowest BCUT2D eigenvalue weighted by Gasteiger charge is -2.14. The zero-order chi connectivity index (χ0) is 21.2. The minimum absolute atomic E-state index is 0.000836. The number of aromatic amines is 1. The Morgan fingerprint density at radius 3 is 2.52 bits per heavy atom. The molecule has 0 atom stereocenters. The van der Waals surface area contributed by atoms with Gasteiger partial charge in [0.05, 0.1) is 23.3 Å². The molecule has 0 unspecified atom stereocenters. The number of hydrogen-bond acceptors (Lipinski definition) is 4. The van der Waals surface area contributed by atoms with Crippen LogP contribution in [0.25, 0.3) is 22.2 Å². The van der Waals surface area contributed by atoms with Gasteiger partial charge in [-0.3, -0.25) is 9.69 Å². The zero-order valence-electron chi connectivity index (χ0n) is 16.3. The fourth-order valence-corrected chi connectivity index (χ4v) is 4.49. The number of anilines is 1. The number of amidine groups is 1. The van der Waals surface area contributed by atoms with Crippen LogP contribution in [0.1, 0.15) is 5.56 Å². The number of aromatic nitrogens is 1. The monoisotopic (exact) mass is 444 g/mol. The van der Waals surface area contributed by atoms with E-state index >= 15 is 0 Å². The van der Waals surface area contributed by atoms with Crippen LogP contribution in [0.5, 0.6) is 0 Å². The first-order valence-electron chi connectivity index (χ1n) is 9.69. The third-order valence-corrected chi connectivity index (χ3v) is 6.15. The summed E-state index contributed by atoms with van der Waals surface area (Å²) in [4.78, 5) is 17.5. The van der Waals surface area contributed by atoms with E-state index in [1.54, 1.807) is 11.1 Å². The molecule has 31 heavy (non-hydrogen) atoms. The lowest BCUT2D eigenvalue weighted by Crippen LogP contribution is -2.28. The standard InChI is InChI=1S/C24H17ClN4OS/c25-17-12-10-16(11-13-17)23-20(19-8-4-5-9-21(19)27-23)14-26-28-24-29(22(30)15-31-24)18-6-2-1-3-7-18/h1-14,27H,15H2/b26-14+,28-24+. The number of amides is 1. The van der Waals surface area contributed by atoms with Gasteiger partial charge in [0.1, 0.15) is 0 Å². The molecule has 0 radical (unpaired) electrons. The number of benzene rings is 3. The Morgan fingerprint density at radius 1 is 0.968 bits per heavy atom. The third kappa shape index (κ3) is 3.87. The van der Waals surface area contributed by atoms with Crippen LogP contribution in [0.3, 0.4) is 0 Å². The van der Waals surface area contributed by atoms with Gasteiger partial charge < -0.3 is 4.98 Å². The highest BCUT2D eigenvalue weighted by Crippen LogP contribution is 2.30. The maximum atomic E-state index is 12.4. The van der Waals surface area contributed by atoms with Gasteiger partial charge in [0.15, 0.2) is 5.17 Å². The number of para-hydroxylation sites is 2. The molecule has 152 valence electrons. The fraction of sp³-hybridized carbons (Fsp3) is 0.0417. The zero-order valence-corrected chi connectivity index (χ0v) is 17.9. The maximum Gasteiger partial charge on any atom is 0.243 e. The molecule has 2 heterocycles. The molecular weight excluding hydrogens is 428 g/mol. The Bertz CT molecular complexity index is 1310. The lowest BCUT2D eigenvalue weighted by atomic mass is 10.1. The number of fused-ring (bicyclic) bond motifs is 1. The van der Waals surface area contributed by atoms with Gasteiger partial charge in [-0.1, -0.05) is 71.9 Å². The first-order chi connectivity index (χ1) is 15.2. The Kier molecular flexibility index (Phi) is 5.32. The summed E-state index contributed by atoms with van der Waals surface area (Å²) in [5.74, 6) is 0.353. The quantitative estimate of drug-likeness (QED) is 0.312. The highest BCUT2D eigenvalue weighted by molar-refractivity contribution is 8.15. The van der Waals surface area contributed by atoms with Crippen molar-refractivity contribution in [2.75, 3.05) is 10.7 Å². The first-order valence-corrected chi connectivity index (χ1v) is 11.1. The maximum absolute atomic E-state index is 12.4. The van der Waals surface area contributed by atoms with Crippen molar-refractivity contribution in [3.8, 4) is 11.3 Å². The second-order valence-electron chi connectivity index (χ2n) is 6.95. The van der Waals surface area contributed by atoms with E-state index in [-0.39, 0.29) is 5.91 Å². The molecule has 4 aromatic rings. The molecule has 1 amide bonds. The van der Waals surface area contributed by atoms with E-state index in [9.17, 15) is 4.79 Å². The molecule has 1 aromatic heterocycles. The average molecular weight is 445 g/mol. The molecular formula is C24H17ClN4OS. The van der Waals surface area contributed by atoms with Gasteiger partial charge in [-0.2, -0.15) is 5.10 Å². The molecule has 5 rings (SSSR count). The van der Waals surface area contributed by atoms with Crippen LogP contribution in [0.2, 0.25) is 5.02 Å². The molecule has 1 fully saturated rings. The molecule has 7 heteroatoms. The highest BCUT2D eigenvalue weighted by atomic mass is 35.5. The normalized spacial score (nSPS) is 15.6. The second-order valence-corrected chi connectivity index (χ2v) is 8.33. The van der Waals surface area contributed by atoms with E-state index in [1.807, 2.05) is 78.9 Å². The minimum atomic E-state index is -0.000836. The predicted octanol–water partition coefficient (Wildman–Crippen LogP) is 5.96. The first kappa shape index (κ1) is 19.6. The third-order valence-electron chi connectivity index (χ3n) is 4.99. The van der Waals surface area contributed by atoms with Gasteiger partial charge in [-0.05, 0) is 35.9 Å². The molecule has 0 saturated carbocycles. The van der Waals surface area contributed by atoms with Crippen LogP contribution in [-0.4, -0.2) is 28.0 Å². The summed E-state index contributed by atoms with van der Waals surface area (Å²) in [5, 5.41) is 11.0. The van der Waals surface area contributed by atoms with Crippen molar-refractivity contribution in [2.24, 2.45) is 10.2 Å². The summed E-state index contributed by atoms with van der Waals surface area (Å²) in [6, 6.07) is 25.2. The summed E-state index contributed by atoms with van der Waals surface area (Å²) in [6.45, 7) is 0. The fourth-order valence-electron chi connectivity index (χ4n) is 3.55. The summed E-state index contributed by atoms with van der Waals surface area (Å²) < 4.78 is 0. The van der Waals surface area contributed by atoms with Crippen molar-refractivity contribution >= 4 is 57.2 Å². The van der Waals surface area contributed by atoms with E-state index in [0.29, 0.717) is 15.9 Å². The van der Waals surface area contributed by atoms with Gasteiger partial charge in [-0.25, -0.2) is 0 Å². The van der Waals surface area contributed by atoms with E-state index < -0.39 is 0 Å². The lowest BCUT2D eigenvalue weighted by molar-refractivity contribution is -0.115. The number of thioether (sulfide) groups is 1. The van der Waals surface area contributed by atoms with Crippen LogP contribution in [-0.2, 0) is 4.79 Å². The minimum Gasteiger partial charge on any atom is -0.354 e. The Morgan fingerprint density at radius 2 is 1.71 bits per heavy atom. The van der Waals surface area contributed by atoms with E-state index in [1.165, 1.54) is 11.8 Å². The van der Waals surface area contributed by atoms with Gasteiger partial charge in [0.2, 0.25) is 5.91 Å². The molecule has 0 aliphatic carbocycles. The SMILES string of the molecule is O=C1CS/C(=N/N=C/c2c(-c3ccc(Cl)cc3)[nH]c3ccccc23)N1c1ccccc1. The molecule has 1 N–H and O–H groups in total. The van der Waals surface area contributed by atoms with E-state index in [4.69, 9.17) is 11.6 Å². The van der Waals surface area contributed by atoms with Crippen LogP contribution in [0.4, 0.5) is 5.69 Å². The van der Waals surface area contributed by atoms with E-state index in [2.05, 4.69) is 15.2 Å². The second kappa shape index (κ2) is 8.41. The summed E-state index contributed by atoms with van der Waals surface area (Å²) >= 11 is 7.45. The number of nitrogens with one attached hydrogen (secondary N) is 1. The summed E-state index contributed by atoms with van der Waals surface area (Å²) in [5.41, 5.74) is 4.68. The van der Waals surface area contributed by atoms with Crippen molar-refractivity contribution in [3.05, 3.63) is 89.4 Å². The van der Waals surface area contributed by atoms with Crippen molar-refractivity contribution in [3.63, 3.8) is 0 Å². The number of halogens is 1. The van der Waals surface area contributed by atoms with E-state index in [0.717, 1.165) is 33.4 Å². The van der Waals surface area contributed by atoms with Crippen LogP contribution in [0.15, 0.2) is 89.1 Å². The molecule has 0 spiro atoms. The molecule has 1 saturated heterocycles. The predicted molar refractivity (Wildman–Crippen MR) is 130 cm³/mol. The Hall–Kier alpha value is -3.35. The number of H-pyrrole nitrogens is 1. The topological polar surface area (TPSA) is 60.8 Å². The van der Waals surface area contributed by atoms with Crippen LogP contribution < -0.4 is 4.90 Å². The van der Waals surface area contributed by atoms with Gasteiger partial charge in [-0.15, -0.1) is 5.10 Å². The molecule has 0 bridgehead atoms. The summed E-state index contributed by atoms with van der Waals surface area (Å²) in [7, 11) is 0. The van der Waals surface area contributed by atoms with Crippen molar-refractivity contribution in [1.29, 1.82) is 0 Å².